The van der Waals surface area contributed by atoms with Crippen molar-refractivity contribution in [2.75, 3.05) is 0 Å². The van der Waals surface area contributed by atoms with Gasteiger partial charge in [0.25, 0.3) is 5.91 Å². The van der Waals surface area contributed by atoms with E-state index in [1.807, 2.05) is 29.8 Å². The number of allylic oxidation sites excluding steroid dienone is 1. The van der Waals surface area contributed by atoms with Crippen molar-refractivity contribution in [3.8, 4) is 0 Å². The molecule has 0 bridgehead atoms. The summed E-state index contributed by atoms with van der Waals surface area (Å²) in [5.74, 6) is 4.85. The zero-order chi connectivity index (χ0) is 14.0. The van der Waals surface area contributed by atoms with E-state index < -0.39 is 10.5 Å². The molecular formula is C13H14ClN3OS. The van der Waals surface area contributed by atoms with Crippen molar-refractivity contribution < 1.29 is 4.79 Å². The van der Waals surface area contributed by atoms with Gasteiger partial charge in [0.2, 0.25) is 0 Å². The van der Waals surface area contributed by atoms with E-state index in [1.165, 1.54) is 0 Å². The van der Waals surface area contributed by atoms with Crippen LogP contribution in [0.2, 0.25) is 5.02 Å². The van der Waals surface area contributed by atoms with Gasteiger partial charge in [0.05, 0.1) is 10.6 Å². The lowest BCUT2D eigenvalue weighted by molar-refractivity contribution is -0.116. The van der Waals surface area contributed by atoms with Gasteiger partial charge in [0, 0.05) is 5.02 Å². The van der Waals surface area contributed by atoms with Crippen LogP contribution in [0.1, 0.15) is 12.5 Å². The van der Waals surface area contributed by atoms with Crippen molar-refractivity contribution in [1.29, 1.82) is 0 Å². The van der Waals surface area contributed by atoms with Crippen molar-refractivity contribution in [2.24, 2.45) is 11.6 Å². The predicted molar refractivity (Wildman–Crippen MR) is 81.5 cm³/mol. The second-order valence-corrected chi connectivity index (χ2v) is 6.12. The van der Waals surface area contributed by atoms with Crippen LogP contribution in [0, 0.1) is 0 Å². The van der Waals surface area contributed by atoms with E-state index in [1.54, 1.807) is 12.1 Å². The Labute approximate surface area is 119 Å². The van der Waals surface area contributed by atoms with Gasteiger partial charge in [-0.3, -0.25) is 10.2 Å². The van der Waals surface area contributed by atoms with Gasteiger partial charge in [-0.2, -0.15) is 0 Å². The first-order valence-electron chi connectivity index (χ1n) is 5.54. The van der Waals surface area contributed by atoms with Crippen LogP contribution in [0.3, 0.4) is 0 Å². The molecule has 4 nitrogen and oxygen atoms in total. The first kappa shape index (κ1) is 13.9. The number of carbonyl (C=O) groups excluding carboxylic acids is 1. The van der Waals surface area contributed by atoms with Crippen molar-refractivity contribution in [3.63, 3.8) is 0 Å². The number of hydrogen-bond acceptors (Lipinski definition) is 3. The number of amides is 1. The van der Waals surface area contributed by atoms with E-state index in [9.17, 15) is 4.79 Å². The van der Waals surface area contributed by atoms with E-state index in [0.717, 1.165) is 11.1 Å². The molecule has 2 rings (SSSR count). The van der Waals surface area contributed by atoms with Gasteiger partial charge in [-0.25, -0.2) is 5.84 Å². The van der Waals surface area contributed by atoms with E-state index >= 15 is 0 Å². The molecule has 0 aromatic heterocycles. The molecule has 5 N–H and O–H groups in total. The molecule has 0 fully saturated rings. The van der Waals surface area contributed by atoms with Gasteiger partial charge in [-0.15, -0.1) is 10.5 Å². The minimum Gasteiger partial charge on any atom is -0.397 e. The summed E-state index contributed by atoms with van der Waals surface area (Å²) >= 11 is 5.84. The Morgan fingerprint density at radius 1 is 1.37 bits per heavy atom. The molecule has 1 unspecified atom stereocenters. The number of carbonyl (C=O) groups is 1. The fourth-order valence-corrected chi connectivity index (χ4v) is 3.77. The normalized spacial score (nSPS) is 18.7. The number of nitrogens with two attached hydrogens (primary N) is 2. The Morgan fingerprint density at radius 2 is 2.00 bits per heavy atom. The third kappa shape index (κ3) is 2.89. The van der Waals surface area contributed by atoms with Gasteiger partial charge in [-0.1, -0.05) is 23.7 Å². The molecule has 0 aliphatic carbocycles. The van der Waals surface area contributed by atoms with Crippen molar-refractivity contribution >= 4 is 33.4 Å². The predicted octanol–water partition coefficient (Wildman–Crippen LogP) is 1.84. The van der Waals surface area contributed by atoms with Crippen LogP contribution in [0.5, 0.6) is 0 Å². The van der Waals surface area contributed by atoms with E-state index in [0.29, 0.717) is 15.6 Å². The minimum absolute atomic E-state index is 0.348. The maximum Gasteiger partial charge on any atom is 0.273 e. The van der Waals surface area contributed by atoms with Crippen molar-refractivity contribution in [2.45, 2.75) is 6.92 Å². The van der Waals surface area contributed by atoms with E-state index in [4.69, 9.17) is 23.2 Å². The number of hydrazine groups is 1. The quantitative estimate of drug-likeness (QED) is 0.337. The average Bonchev–Trinajstić information content (AvgIpc) is 2.67. The van der Waals surface area contributed by atoms with Gasteiger partial charge < -0.3 is 5.73 Å². The van der Waals surface area contributed by atoms with Crippen LogP contribution in [-0.2, 0) is 4.79 Å². The molecule has 1 aliphatic heterocycles. The number of hydrogen-bond donors (Lipinski definition) is 3. The molecule has 1 aromatic carbocycles. The molecule has 0 spiro atoms. The molecule has 1 atom stereocenters. The summed E-state index contributed by atoms with van der Waals surface area (Å²) < 4.78 is 0. The SMILES string of the molecule is CC1=CS(=Cc2ccc(Cl)cc2)C(C(=O)NN)=C1N. The summed E-state index contributed by atoms with van der Waals surface area (Å²) in [6.07, 6.45) is 0. The molecule has 0 saturated heterocycles. The van der Waals surface area contributed by atoms with E-state index in [2.05, 4.69) is 5.43 Å². The smallest absolute Gasteiger partial charge is 0.273 e. The molecule has 1 aromatic rings. The molecule has 0 radical (unpaired) electrons. The lowest BCUT2D eigenvalue weighted by atomic mass is 10.2. The molecule has 19 heavy (non-hydrogen) atoms. The monoisotopic (exact) mass is 295 g/mol. The summed E-state index contributed by atoms with van der Waals surface area (Å²) in [5, 5.41) is 4.62. The molecule has 1 aliphatic rings. The number of nitrogens with one attached hydrogen (secondary N) is 1. The van der Waals surface area contributed by atoms with Crippen LogP contribution in [-0.4, -0.2) is 11.3 Å². The zero-order valence-corrected chi connectivity index (χ0v) is 11.9. The van der Waals surface area contributed by atoms with Crippen LogP contribution < -0.4 is 17.0 Å². The van der Waals surface area contributed by atoms with E-state index in [-0.39, 0.29) is 5.91 Å². The maximum atomic E-state index is 11.8. The second-order valence-electron chi connectivity index (χ2n) is 4.06. The third-order valence-electron chi connectivity index (χ3n) is 2.68. The molecule has 1 amide bonds. The van der Waals surface area contributed by atoms with Crippen LogP contribution in [0.15, 0.2) is 45.8 Å². The van der Waals surface area contributed by atoms with Gasteiger partial charge in [0.15, 0.2) is 0 Å². The third-order valence-corrected chi connectivity index (χ3v) is 4.94. The highest BCUT2D eigenvalue weighted by Crippen LogP contribution is 2.38. The lowest BCUT2D eigenvalue weighted by Gasteiger charge is -2.06. The highest BCUT2D eigenvalue weighted by molar-refractivity contribution is 8.22. The van der Waals surface area contributed by atoms with Crippen molar-refractivity contribution in [1.82, 2.24) is 5.43 Å². The van der Waals surface area contributed by atoms with Gasteiger partial charge in [0.1, 0.15) is 0 Å². The zero-order valence-electron chi connectivity index (χ0n) is 10.3. The van der Waals surface area contributed by atoms with Gasteiger partial charge in [-0.05, 0) is 41.0 Å². The fourth-order valence-electron chi connectivity index (χ4n) is 1.69. The lowest BCUT2D eigenvalue weighted by Crippen LogP contribution is -2.31. The number of benzene rings is 1. The standard InChI is InChI=1S/C13H14ClN3OS/c1-8-6-19(12(11(8)15)13(18)17-16)7-9-2-4-10(14)5-3-9/h2-7H,15-16H2,1H3,(H,17,18). The van der Waals surface area contributed by atoms with Crippen LogP contribution in [0.4, 0.5) is 0 Å². The topological polar surface area (TPSA) is 81.1 Å². The Balaban J connectivity index is 2.44. The Hall–Kier alpha value is -1.56. The van der Waals surface area contributed by atoms with Crippen LogP contribution in [0.25, 0.3) is 0 Å². The molecule has 0 saturated carbocycles. The van der Waals surface area contributed by atoms with Crippen LogP contribution >= 0.6 is 22.1 Å². The van der Waals surface area contributed by atoms with Crippen molar-refractivity contribution in [3.05, 3.63) is 56.4 Å². The summed E-state index contributed by atoms with van der Waals surface area (Å²) in [5.41, 5.74) is 10.4. The fraction of sp³-hybridized carbons (Fsp3) is 0.0769. The second kappa shape index (κ2) is 5.61. The Kier molecular flexibility index (Phi) is 4.09. The van der Waals surface area contributed by atoms with Gasteiger partial charge >= 0.3 is 0 Å². The minimum atomic E-state index is -0.480. The highest BCUT2D eigenvalue weighted by atomic mass is 35.5. The largest absolute Gasteiger partial charge is 0.397 e. The molecule has 6 heteroatoms. The Morgan fingerprint density at radius 3 is 2.58 bits per heavy atom. The summed E-state index contributed by atoms with van der Waals surface area (Å²) in [4.78, 5) is 12.3. The Bertz CT molecular complexity index is 617. The molecular weight excluding hydrogens is 282 g/mol. The first-order valence-corrected chi connectivity index (χ1v) is 7.27. The molecule has 100 valence electrons. The first-order chi connectivity index (χ1) is 9.02. The maximum absolute atomic E-state index is 11.8. The summed E-state index contributed by atoms with van der Waals surface area (Å²) in [7, 11) is -0.480. The average molecular weight is 296 g/mol. The number of halogens is 1. The number of rotatable bonds is 2. The summed E-state index contributed by atoms with van der Waals surface area (Å²) in [6, 6.07) is 7.40. The molecule has 1 heterocycles. The highest BCUT2D eigenvalue weighted by Gasteiger charge is 2.22. The summed E-state index contributed by atoms with van der Waals surface area (Å²) in [6.45, 7) is 1.88.